The maximum Gasteiger partial charge on any atom is 0.417 e. The average molecular weight is 325 g/mol. The van der Waals surface area contributed by atoms with E-state index in [-0.39, 0.29) is 22.1 Å². The Hall–Kier alpha value is -2.67. The minimum Gasteiger partial charge on any atom is -0.408 e. The second kappa shape index (κ2) is 6.40. The molecule has 0 aliphatic heterocycles. The standard InChI is InChI=1S/C14H10ClFN2O4/c1-8-2-4-11(12(6-8)18(20)21)17-14(19)22-13-5-3-9(16)7-10(13)15/h2-7H,1H3,(H,17,19). The van der Waals surface area contributed by atoms with E-state index in [1.165, 1.54) is 18.2 Å². The number of hydrogen-bond acceptors (Lipinski definition) is 4. The Balaban J connectivity index is 2.17. The number of halogens is 2. The van der Waals surface area contributed by atoms with Gasteiger partial charge in [0, 0.05) is 6.07 Å². The van der Waals surface area contributed by atoms with E-state index in [0.717, 1.165) is 12.1 Å². The van der Waals surface area contributed by atoms with Crippen LogP contribution in [0, 0.1) is 22.9 Å². The molecule has 0 atom stereocenters. The van der Waals surface area contributed by atoms with Gasteiger partial charge in [0.25, 0.3) is 5.69 Å². The van der Waals surface area contributed by atoms with Gasteiger partial charge in [-0.15, -0.1) is 0 Å². The number of nitrogens with zero attached hydrogens (tertiary/aromatic N) is 1. The molecule has 0 saturated heterocycles. The smallest absolute Gasteiger partial charge is 0.408 e. The number of carbonyl (C=O) groups excluding carboxylic acids is 1. The van der Waals surface area contributed by atoms with Crippen LogP contribution in [0.15, 0.2) is 36.4 Å². The molecule has 0 aliphatic rings. The number of amides is 1. The minimum absolute atomic E-state index is 0.0150. The molecular formula is C14H10ClFN2O4. The Kier molecular flexibility index (Phi) is 4.57. The lowest BCUT2D eigenvalue weighted by Gasteiger charge is -2.08. The molecule has 0 aromatic heterocycles. The van der Waals surface area contributed by atoms with Crippen LogP contribution in [-0.4, -0.2) is 11.0 Å². The highest BCUT2D eigenvalue weighted by molar-refractivity contribution is 6.32. The van der Waals surface area contributed by atoms with Crippen molar-refractivity contribution in [3.8, 4) is 5.75 Å². The van der Waals surface area contributed by atoms with Crippen molar-refractivity contribution in [1.82, 2.24) is 0 Å². The molecule has 2 aromatic carbocycles. The third kappa shape index (κ3) is 3.70. The van der Waals surface area contributed by atoms with Gasteiger partial charge in [0.15, 0.2) is 5.75 Å². The summed E-state index contributed by atoms with van der Waals surface area (Å²) in [6, 6.07) is 7.55. The van der Waals surface area contributed by atoms with E-state index < -0.39 is 16.8 Å². The summed E-state index contributed by atoms with van der Waals surface area (Å²) in [4.78, 5) is 22.1. The lowest BCUT2D eigenvalue weighted by molar-refractivity contribution is -0.384. The van der Waals surface area contributed by atoms with E-state index >= 15 is 0 Å². The highest BCUT2D eigenvalue weighted by Crippen LogP contribution is 2.27. The zero-order chi connectivity index (χ0) is 16.3. The summed E-state index contributed by atoms with van der Waals surface area (Å²) in [6.45, 7) is 1.69. The number of anilines is 1. The maximum absolute atomic E-state index is 12.9. The molecule has 0 radical (unpaired) electrons. The molecule has 1 amide bonds. The van der Waals surface area contributed by atoms with Gasteiger partial charge in [-0.2, -0.15) is 0 Å². The predicted molar refractivity (Wildman–Crippen MR) is 78.9 cm³/mol. The molecule has 2 aromatic rings. The summed E-state index contributed by atoms with van der Waals surface area (Å²) in [6.07, 6.45) is -0.972. The van der Waals surface area contributed by atoms with Gasteiger partial charge in [-0.05, 0) is 36.8 Å². The lowest BCUT2D eigenvalue weighted by atomic mass is 10.2. The summed E-state index contributed by atoms with van der Waals surface area (Å²) in [5, 5.41) is 13.1. The van der Waals surface area contributed by atoms with Crippen LogP contribution >= 0.6 is 11.6 Å². The summed E-state index contributed by atoms with van der Waals surface area (Å²) < 4.78 is 17.8. The zero-order valence-corrected chi connectivity index (χ0v) is 12.1. The van der Waals surface area contributed by atoms with Crippen molar-refractivity contribution in [2.75, 3.05) is 5.32 Å². The van der Waals surface area contributed by atoms with Gasteiger partial charge in [0.2, 0.25) is 0 Å². The molecule has 6 nitrogen and oxygen atoms in total. The third-order valence-electron chi connectivity index (χ3n) is 2.68. The van der Waals surface area contributed by atoms with Crippen LogP contribution in [0.5, 0.6) is 5.75 Å². The Bertz CT molecular complexity index is 752. The molecule has 1 N–H and O–H groups in total. The number of ether oxygens (including phenoxy) is 1. The summed E-state index contributed by atoms with van der Waals surface area (Å²) >= 11 is 5.73. The number of aryl methyl sites for hydroxylation is 1. The Labute approximate surface area is 129 Å². The first-order chi connectivity index (χ1) is 10.4. The first kappa shape index (κ1) is 15.7. The van der Waals surface area contributed by atoms with Crippen LogP contribution in [0.1, 0.15) is 5.56 Å². The normalized spacial score (nSPS) is 10.1. The quantitative estimate of drug-likeness (QED) is 0.674. The van der Waals surface area contributed by atoms with Crippen LogP contribution in [0.3, 0.4) is 0 Å². The van der Waals surface area contributed by atoms with Crippen LogP contribution in [0.2, 0.25) is 5.02 Å². The van der Waals surface area contributed by atoms with Gasteiger partial charge in [-0.25, -0.2) is 9.18 Å². The highest BCUT2D eigenvalue weighted by atomic mass is 35.5. The topological polar surface area (TPSA) is 81.5 Å². The molecule has 2 rings (SSSR count). The fourth-order valence-corrected chi connectivity index (χ4v) is 1.90. The molecule has 0 fully saturated rings. The van der Waals surface area contributed by atoms with E-state index in [4.69, 9.17) is 16.3 Å². The van der Waals surface area contributed by atoms with Crippen molar-refractivity contribution in [2.24, 2.45) is 0 Å². The number of hydrogen-bond donors (Lipinski definition) is 1. The van der Waals surface area contributed by atoms with Gasteiger partial charge in [-0.3, -0.25) is 15.4 Å². The molecule has 22 heavy (non-hydrogen) atoms. The molecule has 0 bridgehead atoms. The third-order valence-corrected chi connectivity index (χ3v) is 2.98. The largest absolute Gasteiger partial charge is 0.417 e. The van der Waals surface area contributed by atoms with Crippen LogP contribution < -0.4 is 10.1 Å². The van der Waals surface area contributed by atoms with Crippen molar-refractivity contribution >= 4 is 29.1 Å². The van der Waals surface area contributed by atoms with Crippen LogP contribution in [-0.2, 0) is 0 Å². The monoisotopic (exact) mass is 324 g/mol. The first-order valence-electron chi connectivity index (χ1n) is 6.06. The second-order valence-corrected chi connectivity index (χ2v) is 4.77. The zero-order valence-electron chi connectivity index (χ0n) is 11.3. The van der Waals surface area contributed by atoms with Gasteiger partial charge >= 0.3 is 6.09 Å². The average Bonchev–Trinajstić information content (AvgIpc) is 2.43. The van der Waals surface area contributed by atoms with Crippen molar-refractivity contribution in [3.05, 3.63) is 62.9 Å². The predicted octanol–water partition coefficient (Wildman–Crippen LogP) is 4.31. The van der Waals surface area contributed by atoms with Gasteiger partial charge in [0.05, 0.1) is 9.95 Å². The molecule has 0 unspecified atom stereocenters. The second-order valence-electron chi connectivity index (χ2n) is 4.37. The molecule has 0 saturated carbocycles. The van der Waals surface area contributed by atoms with Gasteiger partial charge in [0.1, 0.15) is 11.5 Å². The number of nitro benzene ring substituents is 1. The minimum atomic E-state index is -0.972. The van der Waals surface area contributed by atoms with Gasteiger partial charge < -0.3 is 4.74 Å². The van der Waals surface area contributed by atoms with Crippen molar-refractivity contribution in [3.63, 3.8) is 0 Å². The summed E-state index contributed by atoms with van der Waals surface area (Å²) in [7, 11) is 0. The SMILES string of the molecule is Cc1ccc(NC(=O)Oc2ccc(F)cc2Cl)c([N+](=O)[O-])c1. The number of nitro groups is 1. The Morgan fingerprint density at radius 1 is 1.32 bits per heavy atom. The Morgan fingerprint density at radius 2 is 2.05 bits per heavy atom. The molecule has 0 aliphatic carbocycles. The molecule has 0 spiro atoms. The van der Waals surface area contributed by atoms with Gasteiger partial charge in [-0.1, -0.05) is 17.7 Å². The van der Waals surface area contributed by atoms with Crippen molar-refractivity contribution < 1.29 is 18.8 Å². The number of carbonyl (C=O) groups is 1. The number of nitrogens with one attached hydrogen (secondary N) is 1. The summed E-state index contributed by atoms with van der Waals surface area (Å²) in [5.41, 5.74) is 0.396. The highest BCUT2D eigenvalue weighted by Gasteiger charge is 2.17. The fraction of sp³-hybridized carbons (Fsp3) is 0.0714. The molecule has 114 valence electrons. The lowest BCUT2D eigenvalue weighted by Crippen LogP contribution is -2.17. The van der Waals surface area contributed by atoms with E-state index in [1.54, 1.807) is 13.0 Å². The van der Waals surface area contributed by atoms with E-state index in [1.807, 2.05) is 0 Å². The first-order valence-corrected chi connectivity index (χ1v) is 6.43. The van der Waals surface area contributed by atoms with Crippen molar-refractivity contribution in [2.45, 2.75) is 6.92 Å². The van der Waals surface area contributed by atoms with Crippen LogP contribution in [0.4, 0.5) is 20.6 Å². The van der Waals surface area contributed by atoms with Crippen molar-refractivity contribution in [1.29, 1.82) is 0 Å². The molecular weight excluding hydrogens is 315 g/mol. The van der Waals surface area contributed by atoms with Crippen LogP contribution in [0.25, 0.3) is 0 Å². The maximum atomic E-state index is 12.9. The Morgan fingerprint density at radius 3 is 2.68 bits per heavy atom. The number of benzene rings is 2. The molecule has 8 heteroatoms. The summed E-state index contributed by atoms with van der Waals surface area (Å²) in [5.74, 6) is -0.637. The number of rotatable bonds is 3. The van der Waals surface area contributed by atoms with E-state index in [9.17, 15) is 19.3 Å². The molecule has 0 heterocycles. The van der Waals surface area contributed by atoms with E-state index in [2.05, 4.69) is 5.32 Å². The fourth-order valence-electron chi connectivity index (χ4n) is 1.69. The van der Waals surface area contributed by atoms with E-state index in [0.29, 0.717) is 5.56 Å².